The Morgan fingerprint density at radius 2 is 1.56 bits per heavy atom. The van der Waals surface area contributed by atoms with Gasteiger partial charge in [-0.2, -0.15) is 13.2 Å². The molecule has 0 aliphatic rings. The standard InChI is InChI=1S/C8H6BF6.K/c1-5-3-2-4-6(9(13,14)15)7(5)8(10,11)12;/h2-4H,1H3;/q-1;+1. The van der Waals surface area contributed by atoms with Gasteiger partial charge in [0, 0.05) is 5.56 Å². The van der Waals surface area contributed by atoms with Crippen LogP contribution >= 0.6 is 0 Å². The maximum Gasteiger partial charge on any atom is 1.00 e. The number of hydrogen-bond acceptors (Lipinski definition) is 0. The van der Waals surface area contributed by atoms with Crippen LogP contribution in [-0.4, -0.2) is 6.98 Å². The molecule has 0 atom stereocenters. The SMILES string of the molecule is Cc1cccc([B-](F)(F)F)c1C(F)(F)F.[K+]. The van der Waals surface area contributed by atoms with Crippen LogP contribution in [0.25, 0.3) is 0 Å². The quantitative estimate of drug-likeness (QED) is 0.498. The normalized spacial score (nSPS) is 12.2. The minimum absolute atomic E-state index is 0. The van der Waals surface area contributed by atoms with E-state index in [9.17, 15) is 26.1 Å². The monoisotopic (exact) mass is 266 g/mol. The molecule has 1 aromatic carbocycles. The molecular weight excluding hydrogens is 260 g/mol. The summed E-state index contributed by atoms with van der Waals surface area (Å²) in [6, 6.07) is 2.43. The molecular formula is C8H6BF6K. The molecule has 0 bridgehead atoms. The van der Waals surface area contributed by atoms with E-state index in [4.69, 9.17) is 0 Å². The van der Waals surface area contributed by atoms with Gasteiger partial charge in [-0.25, -0.2) is 0 Å². The molecule has 0 aliphatic heterocycles. The molecule has 0 nitrogen and oxygen atoms in total. The third-order valence-corrected chi connectivity index (χ3v) is 1.94. The number of alkyl halides is 3. The third kappa shape index (κ3) is 3.76. The maximum absolute atomic E-state index is 12.3. The molecule has 0 radical (unpaired) electrons. The van der Waals surface area contributed by atoms with Gasteiger partial charge in [0.25, 0.3) is 0 Å². The van der Waals surface area contributed by atoms with E-state index in [1.54, 1.807) is 0 Å². The van der Waals surface area contributed by atoms with E-state index >= 15 is 0 Å². The molecule has 0 fully saturated rings. The second kappa shape index (κ2) is 5.43. The van der Waals surface area contributed by atoms with Gasteiger partial charge in [-0.1, -0.05) is 23.7 Å². The Bertz CT molecular complexity index is 370. The molecule has 0 saturated carbocycles. The zero-order valence-corrected chi connectivity index (χ0v) is 11.7. The molecule has 16 heavy (non-hydrogen) atoms. The summed E-state index contributed by atoms with van der Waals surface area (Å²) in [7, 11) is 0. The molecule has 0 spiro atoms. The zero-order chi connectivity index (χ0) is 11.9. The van der Waals surface area contributed by atoms with Crippen LogP contribution in [0.2, 0.25) is 0 Å². The van der Waals surface area contributed by atoms with E-state index in [1.807, 2.05) is 0 Å². The van der Waals surface area contributed by atoms with E-state index in [2.05, 4.69) is 0 Å². The summed E-state index contributed by atoms with van der Waals surface area (Å²) in [4.78, 5) is 0. The molecule has 8 heteroatoms. The smallest absolute Gasteiger partial charge is 0.445 e. The van der Waals surface area contributed by atoms with Crippen molar-refractivity contribution in [3.8, 4) is 0 Å². The van der Waals surface area contributed by atoms with Crippen molar-refractivity contribution in [3.63, 3.8) is 0 Å². The zero-order valence-electron chi connectivity index (χ0n) is 8.58. The van der Waals surface area contributed by atoms with Gasteiger partial charge in [0.1, 0.15) is 0 Å². The van der Waals surface area contributed by atoms with Crippen molar-refractivity contribution in [3.05, 3.63) is 29.3 Å². The Kier molecular flexibility index (Phi) is 5.60. The summed E-state index contributed by atoms with van der Waals surface area (Å²) in [6.07, 6.45) is -4.97. The topological polar surface area (TPSA) is 0 Å². The van der Waals surface area contributed by atoms with Gasteiger partial charge >= 0.3 is 64.5 Å². The largest absolute Gasteiger partial charge is 1.00 e. The van der Waals surface area contributed by atoms with Crippen LogP contribution in [0.3, 0.4) is 0 Å². The maximum atomic E-state index is 12.3. The molecule has 84 valence electrons. The van der Waals surface area contributed by atoms with Crippen LogP contribution in [-0.2, 0) is 6.18 Å². The van der Waals surface area contributed by atoms with Gasteiger partial charge in [-0.3, -0.25) is 0 Å². The minimum Gasteiger partial charge on any atom is -0.445 e. The van der Waals surface area contributed by atoms with Gasteiger partial charge in [0.15, 0.2) is 0 Å². The molecule has 0 aromatic heterocycles. The molecule has 1 aromatic rings. The molecule has 0 aliphatic carbocycles. The van der Waals surface area contributed by atoms with Crippen LogP contribution in [0.1, 0.15) is 11.1 Å². The number of rotatable bonds is 1. The van der Waals surface area contributed by atoms with Gasteiger partial charge in [-0.05, 0) is 12.5 Å². The molecule has 1 rings (SSSR count). The van der Waals surface area contributed by atoms with Gasteiger partial charge < -0.3 is 12.9 Å². The first kappa shape index (κ1) is 16.5. The third-order valence-electron chi connectivity index (χ3n) is 1.94. The first-order chi connectivity index (χ1) is 6.64. The van der Waals surface area contributed by atoms with E-state index in [0.29, 0.717) is 6.07 Å². The first-order valence-corrected chi connectivity index (χ1v) is 4.00. The summed E-state index contributed by atoms with van der Waals surface area (Å²) >= 11 is 0. The van der Waals surface area contributed by atoms with Crippen molar-refractivity contribution in [1.29, 1.82) is 0 Å². The van der Waals surface area contributed by atoms with Crippen molar-refractivity contribution >= 4 is 12.4 Å². The number of halogens is 6. The number of hydrogen-bond donors (Lipinski definition) is 0. The van der Waals surface area contributed by atoms with Crippen LogP contribution in [0.4, 0.5) is 26.1 Å². The van der Waals surface area contributed by atoms with E-state index in [-0.39, 0.29) is 51.4 Å². The Hall–Kier alpha value is 0.501. The molecule has 0 unspecified atom stereocenters. The van der Waals surface area contributed by atoms with Crippen LogP contribution in [0.15, 0.2) is 18.2 Å². The van der Waals surface area contributed by atoms with Gasteiger partial charge in [0.2, 0.25) is 0 Å². The van der Waals surface area contributed by atoms with E-state index in [0.717, 1.165) is 19.1 Å². The summed E-state index contributed by atoms with van der Waals surface area (Å²) < 4.78 is 74.0. The Labute approximate surface area is 131 Å². The van der Waals surface area contributed by atoms with Crippen molar-refractivity contribution in [2.45, 2.75) is 13.1 Å². The second-order valence-electron chi connectivity index (χ2n) is 3.11. The molecule has 0 amide bonds. The summed E-state index contributed by atoms with van der Waals surface area (Å²) in [5, 5.41) is 0. The summed E-state index contributed by atoms with van der Waals surface area (Å²) in [5.74, 6) is 0. The van der Waals surface area contributed by atoms with Gasteiger partial charge in [0.05, 0.1) is 0 Å². The van der Waals surface area contributed by atoms with Gasteiger partial charge in [-0.15, -0.1) is 0 Å². The fourth-order valence-corrected chi connectivity index (χ4v) is 1.35. The Morgan fingerprint density at radius 3 is 1.88 bits per heavy atom. The van der Waals surface area contributed by atoms with Crippen LogP contribution in [0.5, 0.6) is 0 Å². The van der Waals surface area contributed by atoms with Crippen LogP contribution in [0, 0.1) is 6.92 Å². The van der Waals surface area contributed by atoms with Crippen molar-refractivity contribution in [1.82, 2.24) is 0 Å². The predicted octanol–water partition coefficient (Wildman–Crippen LogP) is 0.0722. The minimum atomic E-state index is -5.64. The number of aryl methyl sites for hydroxylation is 1. The molecule has 0 heterocycles. The summed E-state index contributed by atoms with van der Waals surface area (Å²) in [5.41, 5.74) is -3.58. The second-order valence-corrected chi connectivity index (χ2v) is 3.11. The average Bonchev–Trinajstić information content (AvgIpc) is 1.99. The molecule has 0 N–H and O–H groups in total. The van der Waals surface area contributed by atoms with Crippen molar-refractivity contribution in [2.24, 2.45) is 0 Å². The first-order valence-electron chi connectivity index (χ1n) is 4.00. The predicted molar refractivity (Wildman–Crippen MR) is 44.9 cm³/mol. The molecule has 0 saturated heterocycles. The fourth-order valence-electron chi connectivity index (χ4n) is 1.35. The number of benzene rings is 1. The van der Waals surface area contributed by atoms with Crippen molar-refractivity contribution in [2.75, 3.05) is 0 Å². The fraction of sp³-hybridized carbons (Fsp3) is 0.250. The average molecular weight is 266 g/mol. The van der Waals surface area contributed by atoms with E-state index < -0.39 is 29.7 Å². The van der Waals surface area contributed by atoms with E-state index in [1.165, 1.54) is 0 Å². The Morgan fingerprint density at radius 1 is 1.06 bits per heavy atom. The Balaban J connectivity index is 0.00000225. The van der Waals surface area contributed by atoms with Crippen molar-refractivity contribution < 1.29 is 77.5 Å². The van der Waals surface area contributed by atoms with Crippen LogP contribution < -0.4 is 56.8 Å². The summed E-state index contributed by atoms with van der Waals surface area (Å²) in [6.45, 7) is -4.63.